The third-order valence-electron chi connectivity index (χ3n) is 5.63. The standard InChI is InChI=1S/C26H35N3O9/c1-26(2,3)38-22(31)8-10-35-12-14-37-15-13-36-11-9-27-17-4-5-18-19(16-17)25(34)29(24(18)33)20-6-7-21(30)28-23(20)32/h4-5,16,20,27H,6-15H2,1-3H3,(H,28,30,32). The normalized spacial score (nSPS) is 17.4. The van der Waals surface area contributed by atoms with Gasteiger partial charge in [-0.1, -0.05) is 0 Å². The summed E-state index contributed by atoms with van der Waals surface area (Å²) in [7, 11) is 0. The van der Waals surface area contributed by atoms with Crippen LogP contribution in [0.15, 0.2) is 18.2 Å². The summed E-state index contributed by atoms with van der Waals surface area (Å²) in [6.45, 7) is 8.10. The average molecular weight is 534 g/mol. The van der Waals surface area contributed by atoms with E-state index in [9.17, 15) is 24.0 Å². The predicted octanol–water partition coefficient (Wildman–Crippen LogP) is 1.28. The van der Waals surface area contributed by atoms with Crippen molar-refractivity contribution in [1.29, 1.82) is 0 Å². The number of carbonyl (C=O) groups excluding carboxylic acids is 5. The van der Waals surface area contributed by atoms with E-state index >= 15 is 0 Å². The maximum atomic E-state index is 12.9. The van der Waals surface area contributed by atoms with Crippen molar-refractivity contribution in [2.45, 2.75) is 51.7 Å². The molecule has 0 radical (unpaired) electrons. The summed E-state index contributed by atoms with van der Waals surface area (Å²) in [5.41, 5.74) is 0.579. The van der Waals surface area contributed by atoms with Gasteiger partial charge in [-0.25, -0.2) is 0 Å². The van der Waals surface area contributed by atoms with Gasteiger partial charge in [0.25, 0.3) is 11.8 Å². The smallest absolute Gasteiger partial charge is 0.308 e. The number of fused-ring (bicyclic) bond motifs is 1. The van der Waals surface area contributed by atoms with Gasteiger partial charge in [-0.2, -0.15) is 0 Å². The maximum Gasteiger partial charge on any atom is 0.308 e. The molecule has 1 fully saturated rings. The van der Waals surface area contributed by atoms with Crippen LogP contribution in [0.2, 0.25) is 0 Å². The molecule has 0 saturated carbocycles. The molecule has 2 N–H and O–H groups in total. The Morgan fingerprint density at radius 2 is 1.58 bits per heavy atom. The molecule has 0 aliphatic carbocycles. The van der Waals surface area contributed by atoms with Gasteiger partial charge in [0.1, 0.15) is 11.6 Å². The summed E-state index contributed by atoms with van der Waals surface area (Å²) < 4.78 is 21.5. The lowest BCUT2D eigenvalue weighted by atomic mass is 10.0. The summed E-state index contributed by atoms with van der Waals surface area (Å²) in [5, 5.41) is 5.32. The quantitative estimate of drug-likeness (QED) is 0.203. The number of amides is 4. The first-order valence-electron chi connectivity index (χ1n) is 12.6. The number of hydrogen-bond acceptors (Lipinski definition) is 10. The van der Waals surface area contributed by atoms with Crippen molar-refractivity contribution in [2.75, 3.05) is 51.5 Å². The van der Waals surface area contributed by atoms with Crippen molar-refractivity contribution in [3.8, 4) is 0 Å². The van der Waals surface area contributed by atoms with Crippen LogP contribution in [0.4, 0.5) is 5.69 Å². The van der Waals surface area contributed by atoms with Crippen LogP contribution in [0, 0.1) is 0 Å². The zero-order valence-corrected chi connectivity index (χ0v) is 22.0. The van der Waals surface area contributed by atoms with E-state index in [0.717, 1.165) is 4.90 Å². The topological polar surface area (TPSA) is 150 Å². The van der Waals surface area contributed by atoms with Crippen LogP contribution in [-0.4, -0.2) is 92.3 Å². The van der Waals surface area contributed by atoms with E-state index in [4.69, 9.17) is 18.9 Å². The van der Waals surface area contributed by atoms with Crippen molar-refractivity contribution in [2.24, 2.45) is 0 Å². The molecular weight excluding hydrogens is 498 g/mol. The second-order valence-electron chi connectivity index (χ2n) is 9.81. The van der Waals surface area contributed by atoms with E-state index in [1.54, 1.807) is 18.2 Å². The molecular formula is C26H35N3O9. The van der Waals surface area contributed by atoms with Crippen LogP contribution in [0.3, 0.4) is 0 Å². The molecule has 1 atom stereocenters. The Morgan fingerprint density at radius 3 is 2.24 bits per heavy atom. The summed E-state index contributed by atoms with van der Waals surface area (Å²) in [5.74, 6) is -2.44. The number of esters is 1. The van der Waals surface area contributed by atoms with Gasteiger partial charge in [0, 0.05) is 18.7 Å². The summed E-state index contributed by atoms with van der Waals surface area (Å²) >= 11 is 0. The number of anilines is 1. The van der Waals surface area contributed by atoms with Gasteiger partial charge in [0.2, 0.25) is 11.8 Å². The summed E-state index contributed by atoms with van der Waals surface area (Å²) in [6, 6.07) is 3.82. The molecule has 0 bridgehead atoms. The Balaban J connectivity index is 1.27. The fourth-order valence-corrected chi connectivity index (χ4v) is 3.94. The number of rotatable bonds is 14. The Kier molecular flexibility index (Phi) is 10.3. The molecule has 2 aliphatic rings. The summed E-state index contributed by atoms with van der Waals surface area (Å²) in [4.78, 5) is 61.7. The number of nitrogens with zero attached hydrogens (tertiary/aromatic N) is 1. The average Bonchev–Trinajstić information content (AvgIpc) is 3.08. The molecule has 2 heterocycles. The fourth-order valence-electron chi connectivity index (χ4n) is 3.94. The minimum Gasteiger partial charge on any atom is -0.460 e. The van der Waals surface area contributed by atoms with E-state index in [1.165, 1.54) is 0 Å². The van der Waals surface area contributed by atoms with E-state index in [-0.39, 0.29) is 43.0 Å². The number of nitrogens with one attached hydrogen (secondary N) is 2. The van der Waals surface area contributed by atoms with Crippen LogP contribution in [0.25, 0.3) is 0 Å². The molecule has 0 aromatic heterocycles. The molecule has 2 aliphatic heterocycles. The Hall–Kier alpha value is -3.35. The van der Waals surface area contributed by atoms with Gasteiger partial charge in [-0.05, 0) is 45.4 Å². The number of ether oxygens (including phenoxy) is 4. The first kappa shape index (κ1) is 29.2. The molecule has 1 aromatic rings. The minimum absolute atomic E-state index is 0.0747. The SMILES string of the molecule is CC(C)(C)OC(=O)CCOCCOCCOCCNc1ccc2c(c1)C(=O)N(C1CCC(=O)NC1=O)C2=O. The lowest BCUT2D eigenvalue weighted by Crippen LogP contribution is -2.54. The monoisotopic (exact) mass is 533 g/mol. The van der Waals surface area contributed by atoms with Crippen LogP contribution < -0.4 is 10.6 Å². The highest BCUT2D eigenvalue weighted by molar-refractivity contribution is 6.23. The Bertz CT molecular complexity index is 1050. The van der Waals surface area contributed by atoms with Crippen LogP contribution in [0.1, 0.15) is 60.7 Å². The zero-order chi connectivity index (χ0) is 27.7. The van der Waals surface area contributed by atoms with E-state index in [1.807, 2.05) is 20.8 Å². The maximum absolute atomic E-state index is 12.9. The van der Waals surface area contributed by atoms with Crippen molar-refractivity contribution in [3.05, 3.63) is 29.3 Å². The number of hydrogen-bond donors (Lipinski definition) is 2. The van der Waals surface area contributed by atoms with Gasteiger partial charge >= 0.3 is 5.97 Å². The van der Waals surface area contributed by atoms with E-state index in [2.05, 4.69) is 10.6 Å². The summed E-state index contributed by atoms with van der Waals surface area (Å²) in [6.07, 6.45) is 0.384. The number of benzene rings is 1. The molecule has 12 heteroatoms. The molecule has 1 unspecified atom stereocenters. The Morgan fingerprint density at radius 1 is 0.947 bits per heavy atom. The van der Waals surface area contributed by atoms with Crippen LogP contribution in [-0.2, 0) is 33.3 Å². The highest BCUT2D eigenvalue weighted by Crippen LogP contribution is 2.29. The van der Waals surface area contributed by atoms with Crippen molar-refractivity contribution >= 4 is 35.3 Å². The van der Waals surface area contributed by atoms with Gasteiger partial charge < -0.3 is 24.3 Å². The molecule has 38 heavy (non-hydrogen) atoms. The van der Waals surface area contributed by atoms with E-state index < -0.39 is 35.3 Å². The molecule has 0 spiro atoms. The van der Waals surface area contributed by atoms with Gasteiger partial charge in [-0.15, -0.1) is 0 Å². The number of piperidine rings is 1. The van der Waals surface area contributed by atoms with Crippen molar-refractivity contribution in [3.63, 3.8) is 0 Å². The fraction of sp³-hybridized carbons (Fsp3) is 0.577. The third kappa shape index (κ3) is 8.33. The lowest BCUT2D eigenvalue weighted by Gasteiger charge is -2.27. The molecule has 3 rings (SSSR count). The predicted molar refractivity (Wildman–Crippen MR) is 135 cm³/mol. The van der Waals surface area contributed by atoms with Crippen molar-refractivity contribution in [1.82, 2.24) is 10.2 Å². The van der Waals surface area contributed by atoms with Crippen LogP contribution in [0.5, 0.6) is 0 Å². The largest absolute Gasteiger partial charge is 0.460 e. The molecule has 208 valence electrons. The molecule has 1 aromatic carbocycles. The number of imide groups is 2. The molecule has 12 nitrogen and oxygen atoms in total. The second kappa shape index (κ2) is 13.4. The lowest BCUT2D eigenvalue weighted by molar-refractivity contribution is -0.156. The molecule has 1 saturated heterocycles. The molecule has 4 amide bonds. The third-order valence-corrected chi connectivity index (χ3v) is 5.63. The van der Waals surface area contributed by atoms with Gasteiger partial charge in [-0.3, -0.25) is 34.2 Å². The van der Waals surface area contributed by atoms with Gasteiger partial charge in [0.15, 0.2) is 0 Å². The second-order valence-corrected chi connectivity index (χ2v) is 9.81. The first-order chi connectivity index (χ1) is 18.1. The van der Waals surface area contributed by atoms with Crippen molar-refractivity contribution < 1.29 is 42.9 Å². The van der Waals surface area contributed by atoms with Gasteiger partial charge in [0.05, 0.1) is 57.2 Å². The number of carbonyl (C=O) groups is 5. The van der Waals surface area contributed by atoms with E-state index in [0.29, 0.717) is 45.3 Å². The minimum atomic E-state index is -0.990. The van der Waals surface area contributed by atoms with Crippen LogP contribution >= 0.6 is 0 Å². The highest BCUT2D eigenvalue weighted by atomic mass is 16.6. The Labute approximate surface area is 221 Å². The first-order valence-corrected chi connectivity index (χ1v) is 12.6. The highest BCUT2D eigenvalue weighted by Gasteiger charge is 2.44. The zero-order valence-electron chi connectivity index (χ0n) is 22.0.